The molecule has 4 aliphatic carbocycles. The molecule has 22 heavy (non-hydrogen) atoms. The first kappa shape index (κ1) is 15.3. The second-order valence-electron chi connectivity index (χ2n) is 7.21. The number of hydrogen-bond donors (Lipinski definition) is 3. The van der Waals surface area contributed by atoms with Gasteiger partial charge in [-0.25, -0.2) is 0 Å². The Morgan fingerprint density at radius 3 is 2.00 bits per heavy atom. The fourth-order valence-electron chi connectivity index (χ4n) is 5.25. The second kappa shape index (κ2) is 5.56. The molecule has 3 N–H and O–H groups in total. The van der Waals surface area contributed by atoms with Crippen LogP contribution in [0.15, 0.2) is 0 Å². The van der Waals surface area contributed by atoms with E-state index in [1.807, 2.05) is 0 Å². The molecule has 4 saturated carbocycles. The van der Waals surface area contributed by atoms with E-state index in [0.29, 0.717) is 11.8 Å². The second-order valence-corrected chi connectivity index (χ2v) is 7.21. The Hall–Kier alpha value is -1.59. The third kappa shape index (κ3) is 2.38. The molecule has 6 heteroatoms. The first-order chi connectivity index (χ1) is 10.5. The lowest BCUT2D eigenvalue weighted by molar-refractivity contribution is -0.152. The minimum absolute atomic E-state index is 0.0387. The van der Waals surface area contributed by atoms with Crippen molar-refractivity contribution in [3.05, 3.63) is 0 Å². The number of amides is 3. The fraction of sp³-hybridized carbons (Fsp3) is 0.812. The molecule has 0 atom stereocenters. The zero-order valence-electron chi connectivity index (χ0n) is 13.3. The van der Waals surface area contributed by atoms with Crippen LogP contribution in [-0.4, -0.2) is 36.9 Å². The van der Waals surface area contributed by atoms with Crippen molar-refractivity contribution in [2.45, 2.75) is 44.6 Å². The van der Waals surface area contributed by atoms with Crippen LogP contribution < -0.4 is 16.0 Å². The standard InChI is InChI=1S/C16H25N3O3/c1-9(20)19-16(15(22)18-8-14(21)17-2)12-4-10-3-11(6-12)7-13(16)5-10/h10-13H,3-8H2,1-2H3,(H,17,21)(H,18,22)(H,19,20). The molecule has 0 saturated heterocycles. The van der Waals surface area contributed by atoms with E-state index >= 15 is 0 Å². The Bertz CT molecular complexity index is 475. The van der Waals surface area contributed by atoms with E-state index < -0.39 is 5.54 Å². The van der Waals surface area contributed by atoms with Crippen molar-refractivity contribution in [1.29, 1.82) is 0 Å². The maximum Gasteiger partial charge on any atom is 0.246 e. The Labute approximate surface area is 130 Å². The summed E-state index contributed by atoms with van der Waals surface area (Å²) < 4.78 is 0. The van der Waals surface area contributed by atoms with Crippen LogP contribution in [0, 0.1) is 23.7 Å². The van der Waals surface area contributed by atoms with Gasteiger partial charge in [-0.05, 0) is 55.8 Å². The Morgan fingerprint density at radius 1 is 1.00 bits per heavy atom. The van der Waals surface area contributed by atoms with Gasteiger partial charge in [0.15, 0.2) is 0 Å². The van der Waals surface area contributed by atoms with Gasteiger partial charge in [0, 0.05) is 14.0 Å². The highest BCUT2D eigenvalue weighted by Crippen LogP contribution is 2.58. The number of rotatable bonds is 4. The largest absolute Gasteiger partial charge is 0.358 e. The van der Waals surface area contributed by atoms with Crippen molar-refractivity contribution in [2.24, 2.45) is 23.7 Å². The quantitative estimate of drug-likeness (QED) is 0.692. The SMILES string of the molecule is CNC(=O)CNC(=O)C1(NC(C)=O)C2CC3CC(C2)CC1C3. The Kier molecular flexibility index (Phi) is 3.87. The van der Waals surface area contributed by atoms with Crippen LogP contribution in [0.4, 0.5) is 0 Å². The smallest absolute Gasteiger partial charge is 0.246 e. The molecule has 4 fully saturated rings. The third-order valence-electron chi connectivity index (χ3n) is 5.87. The molecule has 0 aromatic heterocycles. The van der Waals surface area contributed by atoms with Gasteiger partial charge in [-0.3, -0.25) is 14.4 Å². The van der Waals surface area contributed by atoms with E-state index in [4.69, 9.17) is 0 Å². The number of carbonyl (C=O) groups excluding carboxylic acids is 3. The summed E-state index contributed by atoms with van der Waals surface area (Å²) in [5, 5.41) is 8.24. The topological polar surface area (TPSA) is 87.3 Å². The predicted octanol–water partition coefficient (Wildman–Crippen LogP) is 0.180. The zero-order chi connectivity index (χ0) is 15.9. The lowest BCUT2D eigenvalue weighted by Gasteiger charge is -2.60. The van der Waals surface area contributed by atoms with Crippen molar-refractivity contribution in [3.8, 4) is 0 Å². The first-order valence-corrected chi connectivity index (χ1v) is 8.23. The summed E-state index contributed by atoms with van der Waals surface area (Å²) in [6.45, 7) is 1.43. The lowest BCUT2D eigenvalue weighted by Crippen LogP contribution is -2.72. The lowest BCUT2D eigenvalue weighted by atomic mass is 9.48. The maximum absolute atomic E-state index is 12.9. The molecule has 4 aliphatic rings. The van der Waals surface area contributed by atoms with Gasteiger partial charge < -0.3 is 16.0 Å². The summed E-state index contributed by atoms with van der Waals surface area (Å²) in [7, 11) is 1.54. The van der Waals surface area contributed by atoms with Gasteiger partial charge in [-0.2, -0.15) is 0 Å². The van der Waals surface area contributed by atoms with E-state index in [1.165, 1.54) is 13.3 Å². The molecule has 0 radical (unpaired) electrons. The number of carbonyl (C=O) groups is 3. The van der Waals surface area contributed by atoms with Crippen molar-refractivity contribution in [3.63, 3.8) is 0 Å². The Balaban J connectivity index is 1.84. The molecule has 0 aromatic rings. The average Bonchev–Trinajstić information content (AvgIpc) is 2.47. The van der Waals surface area contributed by atoms with E-state index in [9.17, 15) is 14.4 Å². The molecule has 0 aromatic carbocycles. The number of hydrogen-bond acceptors (Lipinski definition) is 3. The van der Waals surface area contributed by atoms with E-state index in [2.05, 4.69) is 16.0 Å². The molecule has 0 heterocycles. The molecular weight excluding hydrogens is 282 g/mol. The van der Waals surface area contributed by atoms with Crippen LogP contribution in [0.5, 0.6) is 0 Å². The van der Waals surface area contributed by atoms with Crippen LogP contribution >= 0.6 is 0 Å². The molecule has 4 bridgehead atoms. The van der Waals surface area contributed by atoms with Gasteiger partial charge in [0.2, 0.25) is 17.7 Å². The average molecular weight is 307 g/mol. The molecule has 4 rings (SSSR count). The zero-order valence-corrected chi connectivity index (χ0v) is 13.3. The number of nitrogens with one attached hydrogen (secondary N) is 3. The van der Waals surface area contributed by atoms with Gasteiger partial charge in [0.25, 0.3) is 0 Å². The van der Waals surface area contributed by atoms with Crippen LogP contribution in [0.1, 0.15) is 39.0 Å². The van der Waals surface area contributed by atoms with Gasteiger partial charge in [-0.15, -0.1) is 0 Å². The van der Waals surface area contributed by atoms with Gasteiger partial charge >= 0.3 is 0 Å². The monoisotopic (exact) mass is 307 g/mol. The molecule has 0 aliphatic heterocycles. The van der Waals surface area contributed by atoms with E-state index in [0.717, 1.165) is 25.7 Å². The van der Waals surface area contributed by atoms with Gasteiger partial charge in [0.05, 0.1) is 6.54 Å². The summed E-state index contributed by atoms with van der Waals surface area (Å²) in [5.41, 5.74) is -0.812. The first-order valence-electron chi connectivity index (χ1n) is 8.23. The molecular formula is C16H25N3O3. The van der Waals surface area contributed by atoms with Crippen LogP contribution in [0.3, 0.4) is 0 Å². The van der Waals surface area contributed by atoms with Gasteiger partial charge in [-0.1, -0.05) is 0 Å². The van der Waals surface area contributed by atoms with Crippen LogP contribution in [0.2, 0.25) is 0 Å². The van der Waals surface area contributed by atoms with E-state index in [-0.39, 0.29) is 36.1 Å². The van der Waals surface area contributed by atoms with Crippen LogP contribution in [-0.2, 0) is 14.4 Å². The minimum Gasteiger partial charge on any atom is -0.358 e. The highest BCUT2D eigenvalue weighted by molar-refractivity contribution is 5.94. The summed E-state index contributed by atoms with van der Waals surface area (Å²) in [5.74, 6) is 1.25. The molecule has 122 valence electrons. The summed E-state index contributed by atoms with van der Waals surface area (Å²) >= 11 is 0. The summed E-state index contributed by atoms with van der Waals surface area (Å²) in [6, 6.07) is 0. The van der Waals surface area contributed by atoms with E-state index in [1.54, 1.807) is 7.05 Å². The van der Waals surface area contributed by atoms with Crippen molar-refractivity contribution < 1.29 is 14.4 Å². The van der Waals surface area contributed by atoms with Crippen molar-refractivity contribution in [1.82, 2.24) is 16.0 Å². The number of likely N-dealkylation sites (N-methyl/N-ethyl adjacent to an activating group) is 1. The Morgan fingerprint density at radius 2 is 1.55 bits per heavy atom. The highest BCUT2D eigenvalue weighted by atomic mass is 16.2. The minimum atomic E-state index is -0.812. The summed E-state index contributed by atoms with van der Waals surface area (Å²) in [4.78, 5) is 36.1. The van der Waals surface area contributed by atoms with Crippen molar-refractivity contribution in [2.75, 3.05) is 13.6 Å². The highest BCUT2D eigenvalue weighted by Gasteiger charge is 2.61. The molecule has 0 unspecified atom stereocenters. The summed E-state index contributed by atoms with van der Waals surface area (Å²) in [6.07, 6.45) is 5.34. The van der Waals surface area contributed by atoms with Crippen molar-refractivity contribution >= 4 is 17.7 Å². The molecule has 6 nitrogen and oxygen atoms in total. The fourth-order valence-corrected chi connectivity index (χ4v) is 5.25. The molecule has 3 amide bonds. The van der Waals surface area contributed by atoms with Crippen LogP contribution in [0.25, 0.3) is 0 Å². The normalized spacial score (nSPS) is 38.5. The predicted molar refractivity (Wildman–Crippen MR) is 80.7 cm³/mol. The third-order valence-corrected chi connectivity index (χ3v) is 5.87. The van der Waals surface area contributed by atoms with Gasteiger partial charge in [0.1, 0.15) is 5.54 Å². The molecule has 0 spiro atoms. The maximum atomic E-state index is 12.9.